The Morgan fingerprint density at radius 1 is 1.24 bits per heavy atom. The largest absolute Gasteiger partial charge is 0.504 e. The number of benzene rings is 1. The Kier molecular flexibility index (Phi) is 3.35. The molecule has 0 aliphatic rings. The normalized spacial score (nSPS) is 10.2. The molecule has 0 saturated carbocycles. The highest BCUT2D eigenvalue weighted by atomic mass is 35.5. The number of pyridine rings is 1. The van der Waals surface area contributed by atoms with E-state index in [9.17, 15) is 10.2 Å². The van der Waals surface area contributed by atoms with Gasteiger partial charge in [-0.2, -0.15) is 0 Å². The quantitative estimate of drug-likeness (QED) is 0.733. The second kappa shape index (κ2) is 4.93. The van der Waals surface area contributed by atoms with Gasteiger partial charge < -0.3 is 15.5 Å². The van der Waals surface area contributed by atoms with E-state index in [1.54, 1.807) is 30.6 Å². The first-order valence-electron chi connectivity index (χ1n) is 5.01. The number of halogens is 1. The van der Waals surface area contributed by atoms with E-state index in [2.05, 4.69) is 10.3 Å². The molecule has 88 valence electrons. The summed E-state index contributed by atoms with van der Waals surface area (Å²) < 4.78 is 0. The molecule has 2 aromatic rings. The zero-order valence-corrected chi connectivity index (χ0v) is 9.65. The van der Waals surface area contributed by atoms with Gasteiger partial charge in [-0.3, -0.25) is 4.98 Å². The summed E-state index contributed by atoms with van der Waals surface area (Å²) in [6, 6.07) is 6.48. The lowest BCUT2D eigenvalue weighted by molar-refractivity contribution is 0.400. The fourth-order valence-corrected chi connectivity index (χ4v) is 1.59. The first-order valence-corrected chi connectivity index (χ1v) is 5.39. The van der Waals surface area contributed by atoms with Crippen molar-refractivity contribution in [2.45, 2.75) is 6.54 Å². The average Bonchev–Trinajstić information content (AvgIpc) is 2.33. The van der Waals surface area contributed by atoms with E-state index in [1.807, 2.05) is 0 Å². The van der Waals surface area contributed by atoms with Gasteiger partial charge in [-0.05, 0) is 12.1 Å². The maximum absolute atomic E-state index is 9.61. The number of hydrogen-bond acceptors (Lipinski definition) is 4. The summed E-state index contributed by atoms with van der Waals surface area (Å²) in [5.74, 6) is -0.262. The van der Waals surface area contributed by atoms with Crippen molar-refractivity contribution < 1.29 is 10.2 Å². The summed E-state index contributed by atoms with van der Waals surface area (Å²) in [5, 5.41) is 22.5. The minimum atomic E-state index is -0.137. The van der Waals surface area contributed by atoms with E-state index < -0.39 is 0 Å². The van der Waals surface area contributed by atoms with E-state index in [0.29, 0.717) is 22.8 Å². The number of phenols is 2. The summed E-state index contributed by atoms with van der Waals surface area (Å²) in [4.78, 5) is 3.94. The van der Waals surface area contributed by atoms with Crippen LogP contribution in [0.4, 0.5) is 5.69 Å². The van der Waals surface area contributed by atoms with E-state index >= 15 is 0 Å². The molecular formula is C12H11ClN2O2. The molecule has 0 amide bonds. The number of hydrogen-bond donors (Lipinski definition) is 3. The number of phenolic OH excluding ortho intramolecular Hbond substituents is 2. The fourth-order valence-electron chi connectivity index (χ4n) is 1.42. The molecule has 0 radical (unpaired) electrons. The zero-order valence-electron chi connectivity index (χ0n) is 8.89. The highest BCUT2D eigenvalue weighted by molar-refractivity contribution is 6.33. The molecule has 0 fully saturated rings. The minimum absolute atomic E-state index is 0.125. The lowest BCUT2D eigenvalue weighted by Gasteiger charge is -2.09. The van der Waals surface area contributed by atoms with Crippen LogP contribution in [-0.4, -0.2) is 15.2 Å². The van der Waals surface area contributed by atoms with Crippen LogP contribution in [0.1, 0.15) is 5.56 Å². The SMILES string of the molecule is Oc1cccc(CNc2cnccc2Cl)c1O. The molecule has 0 aliphatic heterocycles. The average molecular weight is 251 g/mol. The van der Waals surface area contributed by atoms with Crippen LogP contribution in [0.15, 0.2) is 36.7 Å². The predicted molar refractivity (Wildman–Crippen MR) is 66.3 cm³/mol. The Labute approximate surface area is 104 Å². The summed E-state index contributed by atoms with van der Waals surface area (Å²) in [7, 11) is 0. The Morgan fingerprint density at radius 3 is 2.82 bits per heavy atom. The third-order valence-electron chi connectivity index (χ3n) is 2.34. The first-order chi connectivity index (χ1) is 8.18. The van der Waals surface area contributed by atoms with Gasteiger partial charge in [-0.15, -0.1) is 0 Å². The van der Waals surface area contributed by atoms with Crippen molar-refractivity contribution in [1.82, 2.24) is 4.98 Å². The van der Waals surface area contributed by atoms with Crippen molar-refractivity contribution in [1.29, 1.82) is 0 Å². The van der Waals surface area contributed by atoms with Gasteiger partial charge in [0.15, 0.2) is 11.5 Å². The third kappa shape index (κ3) is 2.60. The van der Waals surface area contributed by atoms with E-state index in [-0.39, 0.29) is 11.5 Å². The molecule has 0 bridgehead atoms. The van der Waals surface area contributed by atoms with Crippen LogP contribution in [0.5, 0.6) is 11.5 Å². The van der Waals surface area contributed by atoms with E-state index in [1.165, 1.54) is 6.07 Å². The molecule has 17 heavy (non-hydrogen) atoms. The standard InChI is InChI=1S/C12H11ClN2O2/c13-9-4-5-14-7-10(9)15-6-8-2-1-3-11(16)12(8)17/h1-5,7,15-17H,6H2. The van der Waals surface area contributed by atoms with Crippen LogP contribution in [0.3, 0.4) is 0 Å². The van der Waals surface area contributed by atoms with Gasteiger partial charge in [0.25, 0.3) is 0 Å². The van der Waals surface area contributed by atoms with Gasteiger partial charge in [0.1, 0.15) is 0 Å². The molecule has 0 atom stereocenters. The Balaban J connectivity index is 2.13. The van der Waals surface area contributed by atoms with Crippen LogP contribution < -0.4 is 5.32 Å². The molecule has 0 saturated heterocycles. The van der Waals surface area contributed by atoms with Gasteiger partial charge in [-0.1, -0.05) is 23.7 Å². The minimum Gasteiger partial charge on any atom is -0.504 e. The number of aromatic nitrogens is 1. The number of anilines is 1. The lowest BCUT2D eigenvalue weighted by Crippen LogP contribution is -2.00. The summed E-state index contributed by atoms with van der Waals surface area (Å²) in [6.07, 6.45) is 3.20. The van der Waals surface area contributed by atoms with Gasteiger partial charge in [0.05, 0.1) is 16.9 Å². The number of nitrogens with one attached hydrogen (secondary N) is 1. The van der Waals surface area contributed by atoms with Gasteiger partial charge in [0.2, 0.25) is 0 Å². The molecule has 3 N–H and O–H groups in total. The molecule has 2 rings (SSSR count). The second-order valence-corrected chi connectivity index (χ2v) is 3.90. The monoisotopic (exact) mass is 250 g/mol. The zero-order chi connectivity index (χ0) is 12.3. The molecular weight excluding hydrogens is 240 g/mol. The van der Waals surface area contributed by atoms with Crippen molar-refractivity contribution in [2.75, 3.05) is 5.32 Å². The molecule has 0 unspecified atom stereocenters. The molecule has 1 heterocycles. The van der Waals surface area contributed by atoms with E-state index in [4.69, 9.17) is 11.6 Å². The summed E-state index contributed by atoms with van der Waals surface area (Å²) >= 11 is 5.95. The molecule has 1 aromatic carbocycles. The smallest absolute Gasteiger partial charge is 0.162 e. The van der Waals surface area contributed by atoms with Gasteiger partial charge >= 0.3 is 0 Å². The molecule has 5 heteroatoms. The number of aromatic hydroxyl groups is 2. The third-order valence-corrected chi connectivity index (χ3v) is 2.67. The topological polar surface area (TPSA) is 65.4 Å². The van der Waals surface area contributed by atoms with Crippen LogP contribution >= 0.6 is 11.6 Å². The molecule has 1 aromatic heterocycles. The van der Waals surface area contributed by atoms with Crippen molar-refractivity contribution in [3.05, 3.63) is 47.2 Å². The maximum Gasteiger partial charge on any atom is 0.162 e. The number of rotatable bonds is 3. The van der Waals surface area contributed by atoms with Crippen molar-refractivity contribution in [2.24, 2.45) is 0 Å². The van der Waals surface area contributed by atoms with Crippen molar-refractivity contribution >= 4 is 17.3 Å². The highest BCUT2D eigenvalue weighted by Gasteiger charge is 2.06. The highest BCUT2D eigenvalue weighted by Crippen LogP contribution is 2.29. The van der Waals surface area contributed by atoms with Gasteiger partial charge in [-0.25, -0.2) is 0 Å². The Morgan fingerprint density at radius 2 is 2.06 bits per heavy atom. The fraction of sp³-hybridized carbons (Fsp3) is 0.0833. The van der Waals surface area contributed by atoms with Crippen LogP contribution in [0.25, 0.3) is 0 Å². The summed E-state index contributed by atoms with van der Waals surface area (Å²) in [6.45, 7) is 0.353. The predicted octanol–water partition coefficient (Wildman–Crippen LogP) is 2.76. The first kappa shape index (κ1) is 11.5. The maximum atomic E-state index is 9.61. The Bertz CT molecular complexity index is 532. The van der Waals surface area contributed by atoms with Crippen LogP contribution in [0.2, 0.25) is 5.02 Å². The van der Waals surface area contributed by atoms with Gasteiger partial charge in [0, 0.05) is 18.3 Å². The van der Waals surface area contributed by atoms with E-state index in [0.717, 1.165) is 0 Å². The number of para-hydroxylation sites is 1. The molecule has 0 spiro atoms. The number of nitrogens with zero attached hydrogens (tertiary/aromatic N) is 1. The van der Waals surface area contributed by atoms with Crippen LogP contribution in [0, 0.1) is 0 Å². The summed E-state index contributed by atoms with van der Waals surface area (Å²) in [5.41, 5.74) is 1.27. The second-order valence-electron chi connectivity index (χ2n) is 3.49. The van der Waals surface area contributed by atoms with Crippen molar-refractivity contribution in [3.8, 4) is 11.5 Å². The molecule has 4 nitrogen and oxygen atoms in total. The lowest BCUT2D eigenvalue weighted by atomic mass is 10.2. The molecule has 0 aliphatic carbocycles. The van der Waals surface area contributed by atoms with Crippen LogP contribution in [-0.2, 0) is 6.54 Å². The van der Waals surface area contributed by atoms with Crippen molar-refractivity contribution in [3.63, 3.8) is 0 Å². The Hall–Kier alpha value is -1.94.